The fourth-order valence-corrected chi connectivity index (χ4v) is 4.47. The van der Waals surface area contributed by atoms with Crippen LogP contribution in [0.3, 0.4) is 0 Å². The molecule has 0 spiro atoms. The average Bonchev–Trinajstić information content (AvgIpc) is 3.30. The standard InChI is InChI=1S/C25H28F3N5O/c1-15-22(32-20-9-5-8-19(20)29)21(23(30)34)24(31-18-6-3-2-4-7-18)33(15)14-16-10-12-17(13-11-16)25(26,27)28/h2-4,6-7,10-13,19-20,31-32H,5,8-9,14,29H2,1H3,(H2,30,34). The number of nitrogens with one attached hydrogen (secondary N) is 2. The Morgan fingerprint density at radius 3 is 2.32 bits per heavy atom. The molecule has 4 rings (SSSR count). The number of benzene rings is 2. The topological polar surface area (TPSA) is 98.1 Å². The second-order valence-corrected chi connectivity index (χ2v) is 8.67. The number of carbonyl (C=O) groups is 1. The molecule has 1 heterocycles. The Hall–Kier alpha value is -3.46. The lowest BCUT2D eigenvalue weighted by molar-refractivity contribution is -0.137. The number of nitrogens with two attached hydrogens (primary N) is 2. The normalized spacial score (nSPS) is 18.1. The lowest BCUT2D eigenvalue weighted by Crippen LogP contribution is -2.35. The molecule has 2 aromatic carbocycles. The maximum absolute atomic E-state index is 13.0. The highest BCUT2D eigenvalue weighted by Crippen LogP contribution is 2.37. The van der Waals surface area contributed by atoms with Gasteiger partial charge in [-0.05, 0) is 56.0 Å². The first kappa shape index (κ1) is 23.7. The van der Waals surface area contributed by atoms with Gasteiger partial charge in [0.15, 0.2) is 0 Å². The number of rotatable bonds is 7. The molecule has 34 heavy (non-hydrogen) atoms. The van der Waals surface area contributed by atoms with Crippen LogP contribution in [0.15, 0.2) is 54.6 Å². The SMILES string of the molecule is Cc1c(NC2CCCC2N)c(C(N)=O)c(Nc2ccccc2)n1Cc1ccc(C(F)(F)F)cc1. The van der Waals surface area contributed by atoms with Crippen LogP contribution in [0.4, 0.5) is 30.4 Å². The summed E-state index contributed by atoms with van der Waals surface area (Å²) in [6.45, 7) is 2.10. The molecule has 0 saturated heterocycles. The number of halogens is 3. The van der Waals surface area contributed by atoms with Gasteiger partial charge in [0.05, 0.1) is 11.3 Å². The van der Waals surface area contributed by atoms with Gasteiger partial charge in [0.1, 0.15) is 11.4 Å². The van der Waals surface area contributed by atoms with Crippen LogP contribution in [0.25, 0.3) is 0 Å². The number of nitrogens with zero attached hydrogens (tertiary/aromatic N) is 1. The number of hydrogen-bond donors (Lipinski definition) is 4. The predicted molar refractivity (Wildman–Crippen MR) is 127 cm³/mol. The van der Waals surface area contributed by atoms with Gasteiger partial charge in [-0.15, -0.1) is 0 Å². The van der Waals surface area contributed by atoms with Gasteiger partial charge in [0, 0.05) is 30.0 Å². The Bertz CT molecular complexity index is 1160. The lowest BCUT2D eigenvalue weighted by Gasteiger charge is -2.19. The van der Waals surface area contributed by atoms with Crippen LogP contribution in [0.5, 0.6) is 0 Å². The Labute approximate surface area is 196 Å². The third kappa shape index (κ3) is 4.89. The van der Waals surface area contributed by atoms with E-state index >= 15 is 0 Å². The summed E-state index contributed by atoms with van der Waals surface area (Å²) in [4.78, 5) is 12.6. The number of carbonyl (C=O) groups excluding carboxylic acids is 1. The molecule has 0 bridgehead atoms. The summed E-state index contributed by atoms with van der Waals surface area (Å²) < 4.78 is 40.9. The largest absolute Gasteiger partial charge is 0.416 e. The molecule has 1 aliphatic rings. The summed E-state index contributed by atoms with van der Waals surface area (Å²) in [6.07, 6.45) is -1.64. The summed E-state index contributed by atoms with van der Waals surface area (Å²) in [5.74, 6) is -0.132. The Balaban J connectivity index is 1.78. The minimum absolute atomic E-state index is 0.00305. The molecule has 1 saturated carbocycles. The molecule has 1 aliphatic carbocycles. The van der Waals surface area contributed by atoms with Gasteiger partial charge >= 0.3 is 6.18 Å². The third-order valence-corrected chi connectivity index (χ3v) is 6.33. The van der Waals surface area contributed by atoms with Crippen molar-refractivity contribution in [2.45, 2.75) is 51.0 Å². The quantitative estimate of drug-likeness (QED) is 0.390. The summed E-state index contributed by atoms with van der Waals surface area (Å²) in [5.41, 5.74) is 14.4. The number of amides is 1. The lowest BCUT2D eigenvalue weighted by atomic mass is 10.1. The van der Waals surface area contributed by atoms with Crippen molar-refractivity contribution in [3.63, 3.8) is 0 Å². The van der Waals surface area contributed by atoms with Crippen molar-refractivity contribution in [1.29, 1.82) is 0 Å². The second-order valence-electron chi connectivity index (χ2n) is 8.67. The molecule has 1 amide bonds. The monoisotopic (exact) mass is 471 g/mol. The van der Waals surface area contributed by atoms with Crippen molar-refractivity contribution in [1.82, 2.24) is 4.57 Å². The molecule has 180 valence electrons. The van der Waals surface area contributed by atoms with Crippen LogP contribution >= 0.6 is 0 Å². The highest BCUT2D eigenvalue weighted by atomic mass is 19.4. The highest BCUT2D eigenvalue weighted by molar-refractivity contribution is 6.05. The number of primary amides is 1. The van der Waals surface area contributed by atoms with Crippen molar-refractivity contribution in [3.8, 4) is 0 Å². The molecule has 6 nitrogen and oxygen atoms in total. The summed E-state index contributed by atoms with van der Waals surface area (Å²) in [6, 6.07) is 14.3. The van der Waals surface area contributed by atoms with E-state index in [-0.39, 0.29) is 18.6 Å². The maximum Gasteiger partial charge on any atom is 0.416 e. The fourth-order valence-electron chi connectivity index (χ4n) is 4.47. The molecule has 2 unspecified atom stereocenters. The number of alkyl halides is 3. The molecular formula is C25H28F3N5O. The van der Waals surface area contributed by atoms with Crippen LogP contribution in [0.2, 0.25) is 0 Å². The van der Waals surface area contributed by atoms with E-state index < -0.39 is 17.6 Å². The van der Waals surface area contributed by atoms with Crippen molar-refractivity contribution in [2.75, 3.05) is 10.6 Å². The Kier molecular flexibility index (Phi) is 6.56. The van der Waals surface area contributed by atoms with E-state index in [1.807, 2.05) is 41.8 Å². The van der Waals surface area contributed by atoms with Gasteiger partial charge in [-0.2, -0.15) is 13.2 Å². The highest BCUT2D eigenvalue weighted by Gasteiger charge is 2.31. The zero-order valence-electron chi connectivity index (χ0n) is 18.8. The van der Waals surface area contributed by atoms with Crippen molar-refractivity contribution in [2.24, 2.45) is 11.5 Å². The fraction of sp³-hybridized carbons (Fsp3) is 0.320. The van der Waals surface area contributed by atoms with E-state index in [0.717, 1.165) is 42.8 Å². The molecule has 0 aliphatic heterocycles. The van der Waals surface area contributed by atoms with Crippen LogP contribution in [0, 0.1) is 6.92 Å². The molecule has 9 heteroatoms. The number of anilines is 3. The van der Waals surface area contributed by atoms with Gasteiger partial charge in [-0.1, -0.05) is 30.3 Å². The van der Waals surface area contributed by atoms with Gasteiger partial charge in [0.2, 0.25) is 0 Å². The van der Waals surface area contributed by atoms with E-state index in [4.69, 9.17) is 11.5 Å². The number of aromatic nitrogens is 1. The van der Waals surface area contributed by atoms with E-state index in [1.165, 1.54) is 12.1 Å². The maximum atomic E-state index is 13.0. The van der Waals surface area contributed by atoms with Gasteiger partial charge in [-0.3, -0.25) is 4.79 Å². The third-order valence-electron chi connectivity index (χ3n) is 6.33. The van der Waals surface area contributed by atoms with E-state index in [9.17, 15) is 18.0 Å². The van der Waals surface area contributed by atoms with Crippen LogP contribution < -0.4 is 22.1 Å². The summed E-state index contributed by atoms with van der Waals surface area (Å²) in [7, 11) is 0. The predicted octanol–water partition coefficient (Wildman–Crippen LogP) is 5.00. The Morgan fingerprint density at radius 1 is 1.09 bits per heavy atom. The number of para-hydroxylation sites is 1. The van der Waals surface area contributed by atoms with E-state index in [1.54, 1.807) is 0 Å². The van der Waals surface area contributed by atoms with E-state index in [0.29, 0.717) is 22.6 Å². The minimum Gasteiger partial charge on any atom is -0.379 e. The van der Waals surface area contributed by atoms with E-state index in [2.05, 4.69) is 10.6 Å². The molecule has 2 atom stereocenters. The Morgan fingerprint density at radius 2 is 1.76 bits per heavy atom. The molecule has 3 aromatic rings. The number of hydrogen-bond acceptors (Lipinski definition) is 4. The summed E-state index contributed by atoms with van der Waals surface area (Å²) >= 11 is 0. The van der Waals surface area contributed by atoms with Crippen molar-refractivity contribution in [3.05, 3.63) is 77.0 Å². The molecule has 1 fully saturated rings. The summed E-state index contributed by atoms with van der Waals surface area (Å²) in [5, 5.41) is 6.72. The van der Waals surface area contributed by atoms with Gasteiger partial charge in [0.25, 0.3) is 5.91 Å². The van der Waals surface area contributed by atoms with Crippen LogP contribution in [-0.4, -0.2) is 22.6 Å². The minimum atomic E-state index is -4.40. The second kappa shape index (κ2) is 9.42. The van der Waals surface area contributed by atoms with Crippen LogP contribution in [0.1, 0.15) is 46.4 Å². The smallest absolute Gasteiger partial charge is 0.379 e. The average molecular weight is 472 g/mol. The molecule has 0 radical (unpaired) electrons. The molecule has 6 N–H and O–H groups in total. The van der Waals surface area contributed by atoms with Gasteiger partial charge in [-0.25, -0.2) is 0 Å². The van der Waals surface area contributed by atoms with Gasteiger partial charge < -0.3 is 26.7 Å². The zero-order chi connectivity index (χ0) is 24.5. The van der Waals surface area contributed by atoms with Crippen molar-refractivity contribution < 1.29 is 18.0 Å². The first-order valence-electron chi connectivity index (χ1n) is 11.2. The first-order valence-corrected chi connectivity index (χ1v) is 11.2. The first-order chi connectivity index (χ1) is 16.1. The molecular weight excluding hydrogens is 443 g/mol. The van der Waals surface area contributed by atoms with Crippen molar-refractivity contribution >= 4 is 23.1 Å². The van der Waals surface area contributed by atoms with Crippen LogP contribution in [-0.2, 0) is 12.7 Å². The zero-order valence-corrected chi connectivity index (χ0v) is 18.8. The molecule has 1 aromatic heterocycles.